The van der Waals surface area contributed by atoms with Gasteiger partial charge in [0.15, 0.2) is 0 Å². The third-order valence-corrected chi connectivity index (χ3v) is 6.33. The molecule has 0 aliphatic carbocycles. The van der Waals surface area contributed by atoms with Gasteiger partial charge in [0, 0.05) is 23.5 Å². The summed E-state index contributed by atoms with van der Waals surface area (Å²) in [4.78, 5) is 14.0. The number of para-hydroxylation sites is 1. The largest absolute Gasteiger partial charge is 0.343 e. The molecular weight excluding hydrogens is 447 g/mol. The number of hydrogen-bond acceptors (Lipinski definition) is 1. The molecule has 0 atom stereocenters. The number of carbonyl (C=O) groups is 1. The Hall–Kier alpha value is -3.92. The first kappa shape index (κ1) is 25.2. The number of rotatable bonds is 10. The zero-order valence-corrected chi connectivity index (χ0v) is 21.0. The van der Waals surface area contributed by atoms with Crippen LogP contribution in [0.1, 0.15) is 55.1 Å². The Morgan fingerprint density at radius 1 is 0.917 bits per heavy atom. The summed E-state index contributed by atoms with van der Waals surface area (Å²) in [6.45, 7) is 8.85. The van der Waals surface area contributed by atoms with Gasteiger partial charge < -0.3 is 9.88 Å². The molecule has 4 aromatic rings. The van der Waals surface area contributed by atoms with Gasteiger partial charge in [-0.25, -0.2) is 4.39 Å². The molecule has 36 heavy (non-hydrogen) atoms. The highest BCUT2D eigenvalue weighted by atomic mass is 19.1. The number of allylic oxidation sites excluding steroid dienone is 1. The summed E-state index contributed by atoms with van der Waals surface area (Å²) in [7, 11) is 0. The minimum atomic E-state index is -0.282. The van der Waals surface area contributed by atoms with Gasteiger partial charge in [0.25, 0.3) is 5.91 Å². The van der Waals surface area contributed by atoms with Crippen molar-refractivity contribution in [2.45, 2.75) is 45.6 Å². The molecule has 0 saturated heterocycles. The van der Waals surface area contributed by atoms with Crippen LogP contribution in [-0.2, 0) is 6.54 Å². The van der Waals surface area contributed by atoms with E-state index in [0.29, 0.717) is 5.56 Å². The fraction of sp³-hybridized carbons (Fsp3) is 0.219. The fourth-order valence-corrected chi connectivity index (χ4v) is 4.77. The molecule has 0 fully saturated rings. The van der Waals surface area contributed by atoms with Crippen molar-refractivity contribution in [1.29, 1.82) is 0 Å². The topological polar surface area (TPSA) is 34.0 Å². The Morgan fingerprint density at radius 3 is 2.17 bits per heavy atom. The number of hydrogen-bond donors (Lipinski definition) is 1. The zero-order valence-electron chi connectivity index (χ0n) is 21.0. The van der Waals surface area contributed by atoms with Crippen molar-refractivity contribution in [3.05, 3.63) is 115 Å². The minimum absolute atomic E-state index is 0.0950. The van der Waals surface area contributed by atoms with Gasteiger partial charge in [-0.3, -0.25) is 4.79 Å². The molecule has 4 heteroatoms. The van der Waals surface area contributed by atoms with Gasteiger partial charge in [-0.15, -0.1) is 6.58 Å². The van der Waals surface area contributed by atoms with Crippen LogP contribution in [-0.4, -0.2) is 10.5 Å². The van der Waals surface area contributed by atoms with E-state index in [1.54, 1.807) is 12.1 Å². The molecule has 0 bridgehead atoms. The van der Waals surface area contributed by atoms with Crippen LogP contribution in [0, 0.1) is 5.82 Å². The standard InChI is InChI=1S/C32H33FN2O/c1-4-5-6-13-22-35-30(23(2)3)29(32(36)34-27-16-11-8-12-17-27)28(24-14-9-7-10-15-24)31(35)25-18-20-26(33)21-19-25/h4,7-12,14-21,23H,1,5-6,13,22H2,2-3H3,(H,34,36). The van der Waals surface area contributed by atoms with E-state index >= 15 is 0 Å². The van der Waals surface area contributed by atoms with Gasteiger partial charge >= 0.3 is 0 Å². The number of nitrogens with zero attached hydrogens (tertiary/aromatic N) is 1. The average Bonchev–Trinajstić information content (AvgIpc) is 3.24. The first-order chi connectivity index (χ1) is 17.5. The lowest BCUT2D eigenvalue weighted by atomic mass is 9.94. The molecule has 184 valence electrons. The Bertz CT molecular complexity index is 1310. The number of aromatic nitrogens is 1. The number of nitrogens with one attached hydrogen (secondary N) is 1. The molecule has 0 aliphatic rings. The van der Waals surface area contributed by atoms with E-state index in [1.165, 1.54) is 12.1 Å². The first-order valence-electron chi connectivity index (χ1n) is 12.6. The molecule has 1 N–H and O–H groups in total. The molecule has 4 rings (SSSR count). The van der Waals surface area contributed by atoms with Crippen LogP contribution in [0.15, 0.2) is 97.6 Å². The number of benzene rings is 3. The van der Waals surface area contributed by atoms with E-state index in [-0.39, 0.29) is 17.6 Å². The van der Waals surface area contributed by atoms with Crippen LogP contribution in [0.3, 0.4) is 0 Å². The minimum Gasteiger partial charge on any atom is -0.343 e. The summed E-state index contributed by atoms with van der Waals surface area (Å²) in [6, 6.07) is 26.1. The number of anilines is 1. The van der Waals surface area contributed by atoms with Crippen molar-refractivity contribution >= 4 is 11.6 Å². The highest BCUT2D eigenvalue weighted by Gasteiger charge is 2.30. The molecule has 3 nitrogen and oxygen atoms in total. The van der Waals surface area contributed by atoms with E-state index < -0.39 is 0 Å². The fourth-order valence-electron chi connectivity index (χ4n) is 4.77. The molecular formula is C32H33FN2O. The van der Waals surface area contributed by atoms with E-state index in [4.69, 9.17) is 0 Å². The zero-order chi connectivity index (χ0) is 25.5. The maximum atomic E-state index is 14.0. The first-order valence-corrected chi connectivity index (χ1v) is 12.6. The van der Waals surface area contributed by atoms with Gasteiger partial charge in [0.2, 0.25) is 0 Å². The summed E-state index contributed by atoms with van der Waals surface area (Å²) < 4.78 is 16.2. The molecule has 0 saturated carbocycles. The molecule has 1 heterocycles. The van der Waals surface area contributed by atoms with Gasteiger partial charge in [-0.2, -0.15) is 0 Å². The van der Waals surface area contributed by atoms with Crippen molar-refractivity contribution in [1.82, 2.24) is 4.57 Å². The maximum Gasteiger partial charge on any atom is 0.258 e. The predicted molar refractivity (Wildman–Crippen MR) is 148 cm³/mol. The molecule has 1 amide bonds. The number of amides is 1. The molecule has 0 spiro atoms. The third-order valence-electron chi connectivity index (χ3n) is 6.33. The number of carbonyl (C=O) groups excluding carboxylic acids is 1. The SMILES string of the molecule is C=CCCCCn1c(-c2ccc(F)cc2)c(-c2ccccc2)c(C(=O)Nc2ccccc2)c1C(C)C. The van der Waals surface area contributed by atoms with Crippen LogP contribution in [0.2, 0.25) is 0 Å². The highest BCUT2D eigenvalue weighted by molar-refractivity contribution is 6.12. The Labute approximate surface area is 213 Å². The van der Waals surface area contributed by atoms with Crippen LogP contribution in [0.5, 0.6) is 0 Å². The lowest BCUT2D eigenvalue weighted by molar-refractivity contribution is 0.102. The van der Waals surface area contributed by atoms with E-state index in [0.717, 1.165) is 59.6 Å². The van der Waals surface area contributed by atoms with Crippen LogP contribution in [0.4, 0.5) is 10.1 Å². The molecule has 1 aromatic heterocycles. The van der Waals surface area contributed by atoms with Crippen LogP contribution in [0.25, 0.3) is 22.4 Å². The van der Waals surface area contributed by atoms with Gasteiger partial charge in [0.1, 0.15) is 5.82 Å². The van der Waals surface area contributed by atoms with Gasteiger partial charge in [0.05, 0.1) is 11.3 Å². The summed E-state index contributed by atoms with van der Waals surface area (Å²) in [5.41, 5.74) is 6.08. The predicted octanol–water partition coefficient (Wildman–Crippen LogP) is 8.69. The Kier molecular flexibility index (Phi) is 8.17. The summed E-state index contributed by atoms with van der Waals surface area (Å²) >= 11 is 0. The Balaban J connectivity index is 1.99. The second-order valence-electron chi connectivity index (χ2n) is 9.27. The van der Waals surface area contributed by atoms with Crippen molar-refractivity contribution < 1.29 is 9.18 Å². The summed E-state index contributed by atoms with van der Waals surface area (Å²) in [5, 5.41) is 3.12. The lowest BCUT2D eigenvalue weighted by Crippen LogP contribution is -2.16. The second kappa shape index (κ2) is 11.7. The van der Waals surface area contributed by atoms with Crippen LogP contribution >= 0.6 is 0 Å². The van der Waals surface area contributed by atoms with Crippen molar-refractivity contribution in [3.8, 4) is 22.4 Å². The summed E-state index contributed by atoms with van der Waals surface area (Å²) in [6.07, 6.45) is 4.84. The molecule has 3 aromatic carbocycles. The molecule has 0 aliphatic heterocycles. The maximum absolute atomic E-state index is 14.0. The number of halogens is 1. The van der Waals surface area contributed by atoms with Crippen molar-refractivity contribution in [2.75, 3.05) is 5.32 Å². The van der Waals surface area contributed by atoms with Gasteiger partial charge in [-0.05, 0) is 72.7 Å². The Morgan fingerprint density at radius 2 is 1.56 bits per heavy atom. The smallest absolute Gasteiger partial charge is 0.258 e. The second-order valence-corrected chi connectivity index (χ2v) is 9.27. The normalized spacial score (nSPS) is 11.0. The summed E-state index contributed by atoms with van der Waals surface area (Å²) in [5.74, 6) is -0.329. The lowest BCUT2D eigenvalue weighted by Gasteiger charge is -2.17. The van der Waals surface area contributed by atoms with Crippen molar-refractivity contribution in [3.63, 3.8) is 0 Å². The van der Waals surface area contributed by atoms with E-state index in [2.05, 4.69) is 30.3 Å². The molecule has 0 radical (unpaired) electrons. The average molecular weight is 481 g/mol. The monoisotopic (exact) mass is 480 g/mol. The molecule has 0 unspecified atom stereocenters. The van der Waals surface area contributed by atoms with Crippen LogP contribution < -0.4 is 5.32 Å². The van der Waals surface area contributed by atoms with E-state index in [1.807, 2.05) is 66.7 Å². The van der Waals surface area contributed by atoms with Gasteiger partial charge in [-0.1, -0.05) is 68.5 Å². The number of unbranched alkanes of at least 4 members (excludes halogenated alkanes) is 2. The van der Waals surface area contributed by atoms with E-state index in [9.17, 15) is 9.18 Å². The highest BCUT2D eigenvalue weighted by Crippen LogP contribution is 2.42. The third kappa shape index (κ3) is 5.49. The van der Waals surface area contributed by atoms with Crippen molar-refractivity contribution in [2.24, 2.45) is 0 Å². The quantitative estimate of drug-likeness (QED) is 0.179.